The van der Waals surface area contributed by atoms with Gasteiger partial charge in [-0.05, 0) is 31.5 Å². The number of nitrogens with one attached hydrogen (secondary N) is 2. The van der Waals surface area contributed by atoms with Gasteiger partial charge >= 0.3 is 6.03 Å². The largest absolute Gasteiger partial charge is 0.332 e. The molecule has 0 fully saturated rings. The van der Waals surface area contributed by atoms with Crippen LogP contribution in [0, 0.1) is 0 Å². The summed E-state index contributed by atoms with van der Waals surface area (Å²) in [5.74, 6) is 0. The Morgan fingerprint density at radius 1 is 1.21 bits per heavy atom. The Balaban J connectivity index is 1.63. The van der Waals surface area contributed by atoms with Crippen LogP contribution in [0.3, 0.4) is 0 Å². The fourth-order valence-corrected chi connectivity index (χ4v) is 3.04. The number of rotatable bonds is 5. The van der Waals surface area contributed by atoms with Crippen molar-refractivity contribution in [2.75, 3.05) is 0 Å². The Hall–Kier alpha value is -2.67. The third-order valence-corrected chi connectivity index (χ3v) is 4.65. The molecule has 0 saturated carbocycles. The first-order valence-corrected chi connectivity index (χ1v) is 8.56. The van der Waals surface area contributed by atoms with Gasteiger partial charge in [0.2, 0.25) is 0 Å². The second kappa shape index (κ2) is 7.27. The van der Waals surface area contributed by atoms with Crippen molar-refractivity contribution in [3.63, 3.8) is 0 Å². The molecular weight excluding hydrogens is 322 g/mol. The van der Waals surface area contributed by atoms with Crippen LogP contribution in [0.25, 0.3) is 5.69 Å². The first kappa shape index (κ1) is 16.2. The second-order valence-corrected chi connectivity index (χ2v) is 6.42. The fourth-order valence-electron chi connectivity index (χ4n) is 2.39. The van der Waals surface area contributed by atoms with Crippen molar-refractivity contribution in [1.82, 2.24) is 25.2 Å². The normalized spacial score (nSPS) is 13.2. The van der Waals surface area contributed by atoms with E-state index < -0.39 is 0 Å². The van der Waals surface area contributed by atoms with Gasteiger partial charge in [-0.2, -0.15) is 0 Å². The van der Waals surface area contributed by atoms with Crippen molar-refractivity contribution >= 4 is 17.4 Å². The monoisotopic (exact) mass is 341 g/mol. The van der Waals surface area contributed by atoms with Crippen LogP contribution in [-0.2, 0) is 0 Å². The van der Waals surface area contributed by atoms with Crippen LogP contribution in [0.15, 0.2) is 54.6 Å². The third-order valence-electron chi connectivity index (χ3n) is 3.69. The lowest BCUT2D eigenvalue weighted by atomic mass is 10.1. The molecule has 0 aliphatic heterocycles. The molecule has 0 spiro atoms. The quantitative estimate of drug-likeness (QED) is 0.746. The highest BCUT2D eigenvalue weighted by molar-refractivity contribution is 7.09. The number of carbonyl (C=O) groups excluding carboxylic acids is 1. The van der Waals surface area contributed by atoms with Crippen LogP contribution in [-0.4, -0.2) is 20.6 Å². The molecule has 6 nitrogen and oxygen atoms in total. The molecule has 2 aromatic heterocycles. The average molecular weight is 341 g/mol. The Morgan fingerprint density at radius 2 is 2.04 bits per heavy atom. The zero-order chi connectivity index (χ0) is 16.9. The fraction of sp³-hybridized carbons (Fsp3) is 0.235. The van der Waals surface area contributed by atoms with E-state index in [1.807, 2.05) is 54.3 Å². The van der Waals surface area contributed by atoms with Gasteiger partial charge in [-0.1, -0.05) is 12.1 Å². The first-order valence-electron chi connectivity index (χ1n) is 7.68. The van der Waals surface area contributed by atoms with Gasteiger partial charge in [0.05, 0.1) is 18.4 Å². The van der Waals surface area contributed by atoms with Crippen LogP contribution in [0.2, 0.25) is 0 Å². The Labute approximate surface area is 144 Å². The van der Waals surface area contributed by atoms with Crippen LogP contribution >= 0.6 is 11.3 Å². The molecule has 7 heteroatoms. The molecule has 3 rings (SSSR count). The molecule has 0 aliphatic carbocycles. The molecule has 2 amide bonds. The van der Waals surface area contributed by atoms with Gasteiger partial charge in [0.1, 0.15) is 5.01 Å². The minimum atomic E-state index is -0.210. The molecule has 2 unspecified atom stereocenters. The summed E-state index contributed by atoms with van der Waals surface area (Å²) in [6, 6.07) is 7.57. The first-order chi connectivity index (χ1) is 11.6. The van der Waals surface area contributed by atoms with Crippen molar-refractivity contribution < 1.29 is 4.79 Å². The predicted octanol–water partition coefficient (Wildman–Crippen LogP) is 3.45. The summed E-state index contributed by atoms with van der Waals surface area (Å²) in [5, 5.41) is 8.66. The minimum absolute atomic E-state index is 0.114. The number of carbonyl (C=O) groups is 1. The molecule has 24 heavy (non-hydrogen) atoms. The molecule has 0 bridgehead atoms. The summed E-state index contributed by atoms with van der Waals surface area (Å²) in [6.45, 7) is 3.88. The second-order valence-electron chi connectivity index (χ2n) is 5.50. The highest BCUT2D eigenvalue weighted by Crippen LogP contribution is 2.18. The van der Waals surface area contributed by atoms with Gasteiger partial charge < -0.3 is 15.2 Å². The molecule has 2 atom stereocenters. The lowest BCUT2D eigenvalue weighted by Crippen LogP contribution is -2.38. The molecular formula is C17H19N5OS. The van der Waals surface area contributed by atoms with Crippen molar-refractivity contribution in [2.24, 2.45) is 0 Å². The van der Waals surface area contributed by atoms with E-state index in [0.717, 1.165) is 16.3 Å². The Kier molecular flexibility index (Phi) is 4.90. The Bertz CT molecular complexity index is 785. The van der Waals surface area contributed by atoms with Crippen molar-refractivity contribution in [3.8, 4) is 5.69 Å². The summed E-state index contributed by atoms with van der Waals surface area (Å²) >= 11 is 1.53. The smallest absolute Gasteiger partial charge is 0.315 e. The number of amides is 2. The number of hydrogen-bond donors (Lipinski definition) is 2. The molecule has 3 aromatic rings. The number of thiazole rings is 1. The topological polar surface area (TPSA) is 71.8 Å². The van der Waals surface area contributed by atoms with E-state index in [9.17, 15) is 4.79 Å². The molecule has 124 valence electrons. The van der Waals surface area contributed by atoms with E-state index in [0.29, 0.717) is 0 Å². The van der Waals surface area contributed by atoms with Gasteiger partial charge in [-0.25, -0.2) is 14.8 Å². The van der Waals surface area contributed by atoms with Gasteiger partial charge in [-0.15, -0.1) is 11.3 Å². The molecule has 0 saturated heterocycles. The summed E-state index contributed by atoms with van der Waals surface area (Å²) in [5.41, 5.74) is 2.04. The number of benzene rings is 1. The van der Waals surface area contributed by atoms with E-state index in [1.54, 1.807) is 18.7 Å². The van der Waals surface area contributed by atoms with Gasteiger partial charge in [0.15, 0.2) is 0 Å². The van der Waals surface area contributed by atoms with Crippen LogP contribution in [0.5, 0.6) is 0 Å². The van der Waals surface area contributed by atoms with Crippen molar-refractivity contribution in [1.29, 1.82) is 0 Å². The highest BCUT2D eigenvalue weighted by Gasteiger charge is 2.14. The van der Waals surface area contributed by atoms with Crippen LogP contribution < -0.4 is 10.6 Å². The maximum Gasteiger partial charge on any atom is 0.315 e. The maximum atomic E-state index is 12.2. The van der Waals surface area contributed by atoms with E-state index >= 15 is 0 Å². The minimum Gasteiger partial charge on any atom is -0.332 e. The molecule has 0 radical (unpaired) electrons. The number of aromatic nitrogens is 3. The number of hydrogen-bond acceptors (Lipinski definition) is 4. The van der Waals surface area contributed by atoms with E-state index in [-0.39, 0.29) is 18.1 Å². The third kappa shape index (κ3) is 3.80. The lowest BCUT2D eigenvalue weighted by molar-refractivity contribution is 0.235. The van der Waals surface area contributed by atoms with E-state index in [2.05, 4.69) is 20.6 Å². The van der Waals surface area contributed by atoms with Crippen molar-refractivity contribution in [3.05, 3.63) is 65.1 Å². The number of imidazole rings is 1. The van der Waals surface area contributed by atoms with Gasteiger partial charge in [0, 0.05) is 29.7 Å². The standard InChI is InChI=1S/C17H19N5OS/c1-12(20-17(23)21-13(2)16-19-7-9-24-16)14-4-3-5-15(10-14)22-8-6-18-11-22/h3-13H,1-2H3,(H2,20,21,23). The summed E-state index contributed by atoms with van der Waals surface area (Å²) in [4.78, 5) is 20.5. The van der Waals surface area contributed by atoms with Gasteiger partial charge in [-0.3, -0.25) is 0 Å². The van der Waals surface area contributed by atoms with Gasteiger partial charge in [0.25, 0.3) is 0 Å². The highest BCUT2D eigenvalue weighted by atomic mass is 32.1. The van der Waals surface area contributed by atoms with E-state index in [4.69, 9.17) is 0 Å². The molecule has 0 aliphatic rings. The predicted molar refractivity (Wildman–Crippen MR) is 94.2 cm³/mol. The SMILES string of the molecule is CC(NC(=O)NC(C)c1nccs1)c1cccc(-n2ccnc2)c1. The summed E-state index contributed by atoms with van der Waals surface area (Å²) in [6.07, 6.45) is 7.11. The van der Waals surface area contributed by atoms with Crippen molar-refractivity contribution in [2.45, 2.75) is 25.9 Å². The van der Waals surface area contributed by atoms with E-state index in [1.165, 1.54) is 11.3 Å². The zero-order valence-corrected chi connectivity index (χ0v) is 14.3. The van der Waals surface area contributed by atoms with Crippen LogP contribution in [0.1, 0.15) is 36.5 Å². The average Bonchev–Trinajstić information content (AvgIpc) is 3.28. The lowest BCUT2D eigenvalue weighted by Gasteiger charge is -2.18. The summed E-state index contributed by atoms with van der Waals surface area (Å²) < 4.78 is 1.93. The summed E-state index contributed by atoms with van der Waals surface area (Å²) in [7, 11) is 0. The maximum absolute atomic E-state index is 12.2. The molecule has 1 aromatic carbocycles. The molecule has 2 heterocycles. The zero-order valence-electron chi connectivity index (χ0n) is 13.5. The molecule has 2 N–H and O–H groups in total. The van der Waals surface area contributed by atoms with Crippen LogP contribution in [0.4, 0.5) is 4.79 Å². The Morgan fingerprint density at radius 3 is 2.75 bits per heavy atom. The number of urea groups is 1. The number of nitrogens with zero attached hydrogens (tertiary/aromatic N) is 3.